The van der Waals surface area contributed by atoms with Crippen molar-refractivity contribution in [1.82, 2.24) is 19.5 Å². The Hall–Kier alpha value is -3.50. The van der Waals surface area contributed by atoms with E-state index in [-0.39, 0.29) is 28.9 Å². The molecule has 36 heavy (non-hydrogen) atoms. The lowest BCUT2D eigenvalue weighted by Crippen LogP contribution is -2.31. The van der Waals surface area contributed by atoms with Crippen molar-refractivity contribution in [2.45, 2.75) is 52.4 Å². The molecule has 3 aromatic rings. The SMILES string of the molecule is CC1=CN=C(c2ccnc(C(C)(C)O)n2)CC1n1c(C)cc(OCc2ncc(F)cc2F)c(Cl)c1=O. The third kappa shape index (κ3) is 5.19. The Labute approximate surface area is 211 Å². The van der Waals surface area contributed by atoms with Crippen LogP contribution in [-0.2, 0) is 12.2 Å². The van der Waals surface area contributed by atoms with E-state index in [0.29, 0.717) is 29.6 Å². The van der Waals surface area contributed by atoms with Gasteiger partial charge in [-0.2, -0.15) is 0 Å². The molecule has 3 aromatic heterocycles. The van der Waals surface area contributed by atoms with Gasteiger partial charge in [-0.3, -0.25) is 14.8 Å². The predicted octanol–water partition coefficient (Wildman–Crippen LogP) is 4.42. The van der Waals surface area contributed by atoms with Crippen molar-refractivity contribution in [3.63, 3.8) is 0 Å². The third-order valence-electron chi connectivity index (χ3n) is 5.74. The topological polar surface area (TPSA) is 102 Å². The highest BCUT2D eigenvalue weighted by Crippen LogP contribution is 2.31. The van der Waals surface area contributed by atoms with Gasteiger partial charge in [0.2, 0.25) is 0 Å². The van der Waals surface area contributed by atoms with Gasteiger partial charge in [0, 0.05) is 36.6 Å². The summed E-state index contributed by atoms with van der Waals surface area (Å²) in [5, 5.41) is 10.1. The number of aryl methyl sites for hydroxylation is 1. The average Bonchev–Trinajstić information content (AvgIpc) is 2.82. The largest absolute Gasteiger partial charge is 0.485 e. The number of aliphatic imine (C=N–C) groups is 1. The van der Waals surface area contributed by atoms with Crippen molar-refractivity contribution in [2.75, 3.05) is 0 Å². The quantitative estimate of drug-likeness (QED) is 0.521. The summed E-state index contributed by atoms with van der Waals surface area (Å²) in [6.07, 6.45) is 4.46. The number of ether oxygens (including phenoxy) is 1. The van der Waals surface area contributed by atoms with Crippen LogP contribution in [0.2, 0.25) is 5.02 Å². The highest BCUT2D eigenvalue weighted by molar-refractivity contribution is 6.31. The molecular weight excluding hydrogens is 492 g/mol. The Kier molecular flexibility index (Phi) is 7.01. The van der Waals surface area contributed by atoms with Crippen LogP contribution in [-0.4, -0.2) is 30.3 Å². The number of pyridine rings is 2. The van der Waals surface area contributed by atoms with Crippen LogP contribution in [0.5, 0.6) is 5.75 Å². The number of aromatic nitrogens is 4. The first kappa shape index (κ1) is 25.6. The molecule has 8 nitrogen and oxygen atoms in total. The van der Waals surface area contributed by atoms with Crippen LogP contribution >= 0.6 is 11.6 Å². The zero-order valence-corrected chi connectivity index (χ0v) is 20.8. The lowest BCUT2D eigenvalue weighted by Gasteiger charge is -2.27. The van der Waals surface area contributed by atoms with Gasteiger partial charge in [-0.1, -0.05) is 11.6 Å². The van der Waals surface area contributed by atoms with E-state index in [0.717, 1.165) is 11.8 Å². The van der Waals surface area contributed by atoms with E-state index >= 15 is 0 Å². The maximum Gasteiger partial charge on any atom is 0.273 e. The first-order chi connectivity index (χ1) is 17.0. The zero-order valence-electron chi connectivity index (χ0n) is 20.1. The van der Waals surface area contributed by atoms with Gasteiger partial charge in [0.25, 0.3) is 5.56 Å². The number of hydrogen-bond donors (Lipinski definition) is 1. The summed E-state index contributed by atoms with van der Waals surface area (Å²) in [7, 11) is 0. The second-order valence-corrected chi connectivity index (χ2v) is 9.38. The Bertz CT molecular complexity index is 1450. The van der Waals surface area contributed by atoms with Crippen molar-refractivity contribution in [2.24, 2.45) is 4.99 Å². The van der Waals surface area contributed by atoms with Gasteiger partial charge in [0.15, 0.2) is 11.6 Å². The molecule has 4 rings (SSSR count). The second kappa shape index (κ2) is 9.87. The van der Waals surface area contributed by atoms with Crippen LogP contribution in [0.15, 0.2) is 52.2 Å². The van der Waals surface area contributed by atoms with Crippen LogP contribution in [0.25, 0.3) is 0 Å². The van der Waals surface area contributed by atoms with Crippen molar-refractivity contribution < 1.29 is 18.6 Å². The summed E-state index contributed by atoms with van der Waals surface area (Å²) < 4.78 is 34.1. The van der Waals surface area contributed by atoms with Crippen molar-refractivity contribution >= 4 is 17.3 Å². The average molecular weight is 516 g/mol. The van der Waals surface area contributed by atoms with E-state index in [2.05, 4.69) is 19.9 Å². The first-order valence-electron chi connectivity index (χ1n) is 11.1. The van der Waals surface area contributed by atoms with Crippen LogP contribution in [0.1, 0.15) is 56.1 Å². The number of halogens is 3. The molecular formula is C25H24ClF2N5O3. The normalized spacial score (nSPS) is 15.9. The fourth-order valence-corrected chi connectivity index (χ4v) is 4.02. The Morgan fingerprint density at radius 3 is 2.69 bits per heavy atom. The number of nitrogens with zero attached hydrogens (tertiary/aromatic N) is 5. The lowest BCUT2D eigenvalue weighted by atomic mass is 9.97. The van der Waals surface area contributed by atoms with E-state index < -0.39 is 28.8 Å². The molecule has 188 valence electrons. The maximum atomic E-state index is 13.9. The molecule has 1 atom stereocenters. The van der Waals surface area contributed by atoms with Crippen LogP contribution < -0.4 is 10.3 Å². The van der Waals surface area contributed by atoms with Crippen molar-refractivity contribution in [3.8, 4) is 5.75 Å². The molecule has 0 spiro atoms. The smallest absolute Gasteiger partial charge is 0.273 e. The van der Waals surface area contributed by atoms with E-state index in [1.807, 2.05) is 6.92 Å². The van der Waals surface area contributed by atoms with Gasteiger partial charge in [0.1, 0.15) is 34.5 Å². The highest BCUT2D eigenvalue weighted by Gasteiger charge is 2.27. The van der Waals surface area contributed by atoms with Gasteiger partial charge < -0.3 is 14.4 Å². The molecule has 0 saturated heterocycles. The number of aliphatic hydroxyl groups is 1. The molecule has 1 unspecified atom stereocenters. The lowest BCUT2D eigenvalue weighted by molar-refractivity contribution is 0.0686. The summed E-state index contributed by atoms with van der Waals surface area (Å²) in [4.78, 5) is 30.0. The minimum absolute atomic E-state index is 0.0675. The molecule has 0 saturated carbocycles. The van der Waals surface area contributed by atoms with Gasteiger partial charge in [0.05, 0.1) is 23.6 Å². The van der Waals surface area contributed by atoms with Crippen LogP contribution in [0, 0.1) is 18.6 Å². The molecule has 0 aliphatic carbocycles. The Balaban J connectivity index is 1.62. The number of hydrogen-bond acceptors (Lipinski definition) is 7. The number of rotatable bonds is 6. The summed E-state index contributed by atoms with van der Waals surface area (Å²) >= 11 is 6.36. The zero-order chi connectivity index (χ0) is 26.2. The van der Waals surface area contributed by atoms with Crippen molar-refractivity contribution in [1.29, 1.82) is 0 Å². The fraction of sp³-hybridized carbons (Fsp3) is 0.320. The Morgan fingerprint density at radius 1 is 1.25 bits per heavy atom. The maximum absolute atomic E-state index is 13.9. The highest BCUT2D eigenvalue weighted by atomic mass is 35.5. The van der Waals surface area contributed by atoms with Crippen molar-refractivity contribution in [3.05, 3.63) is 92.3 Å². The molecule has 0 bridgehead atoms. The second-order valence-electron chi connectivity index (χ2n) is 9.00. The monoisotopic (exact) mass is 515 g/mol. The molecule has 0 amide bonds. The predicted molar refractivity (Wildman–Crippen MR) is 130 cm³/mol. The number of allylic oxidation sites excluding steroid dienone is 1. The molecule has 0 aromatic carbocycles. The van der Waals surface area contributed by atoms with E-state index in [1.54, 1.807) is 49.9 Å². The molecule has 1 aliphatic heterocycles. The summed E-state index contributed by atoms with van der Waals surface area (Å²) in [5.41, 5.74) is 0.739. The summed E-state index contributed by atoms with van der Waals surface area (Å²) in [6, 6.07) is 3.59. The molecule has 11 heteroatoms. The molecule has 4 heterocycles. The first-order valence-corrected chi connectivity index (χ1v) is 11.5. The summed E-state index contributed by atoms with van der Waals surface area (Å²) in [6.45, 7) is 6.45. The molecule has 1 aliphatic rings. The van der Waals surface area contributed by atoms with Crippen LogP contribution in [0.3, 0.4) is 0 Å². The standard InChI is InChI=1S/C25H24ClF2N5O3/c1-13-10-30-18(17-5-6-29-24(32-17)25(3,4)35)9-20(13)33-14(2)7-21(22(26)23(33)34)36-12-19-16(28)8-15(27)11-31-19/h5-8,10-11,20,35H,9,12H2,1-4H3. The molecule has 1 N–H and O–H groups in total. The van der Waals surface area contributed by atoms with Gasteiger partial charge in [-0.25, -0.2) is 18.7 Å². The van der Waals surface area contributed by atoms with Crippen LogP contribution in [0.4, 0.5) is 8.78 Å². The van der Waals surface area contributed by atoms with Gasteiger partial charge in [-0.15, -0.1) is 0 Å². The Morgan fingerprint density at radius 2 is 2.00 bits per heavy atom. The molecule has 0 fully saturated rings. The third-order valence-corrected chi connectivity index (χ3v) is 6.09. The van der Waals surface area contributed by atoms with E-state index in [9.17, 15) is 18.7 Å². The minimum Gasteiger partial charge on any atom is -0.485 e. The van der Waals surface area contributed by atoms with E-state index in [1.165, 1.54) is 0 Å². The summed E-state index contributed by atoms with van der Waals surface area (Å²) in [5.74, 6) is -1.33. The minimum atomic E-state index is -1.22. The fourth-order valence-electron chi connectivity index (χ4n) is 3.82. The van der Waals surface area contributed by atoms with Gasteiger partial charge >= 0.3 is 0 Å². The van der Waals surface area contributed by atoms with E-state index in [4.69, 9.17) is 16.3 Å². The molecule has 0 radical (unpaired) electrons. The van der Waals surface area contributed by atoms with Gasteiger partial charge in [-0.05, 0) is 39.3 Å².